The number of para-hydroxylation sites is 1. The molecule has 16 heteroatoms. The van der Waals surface area contributed by atoms with Gasteiger partial charge in [0.2, 0.25) is 4.80 Å². The third-order valence-electron chi connectivity index (χ3n) is 5.61. The third-order valence-corrected chi connectivity index (χ3v) is 9.19. The normalized spacial score (nSPS) is 13.1. The van der Waals surface area contributed by atoms with Crippen molar-refractivity contribution < 1.29 is 23.8 Å². The van der Waals surface area contributed by atoms with Gasteiger partial charge in [0.15, 0.2) is 0 Å². The van der Waals surface area contributed by atoms with E-state index in [1.54, 1.807) is 27.6 Å². The summed E-state index contributed by atoms with van der Waals surface area (Å²) in [6, 6.07) is 7.75. The molecule has 0 atom stereocenters. The average Bonchev–Trinajstić information content (AvgIpc) is 3.41. The highest BCUT2D eigenvalue weighted by Gasteiger charge is 2.16. The maximum Gasteiger partial charge on any atom is 0.325 e. The fraction of sp³-hybridized carbons (Fsp3) is 0.292. The zero-order valence-corrected chi connectivity index (χ0v) is 24.7. The van der Waals surface area contributed by atoms with Crippen LogP contribution in [-0.4, -0.2) is 43.8 Å². The monoisotopic (exact) mass is 646 g/mol. The molecule has 212 valence electrons. The molecule has 0 fully saturated rings. The number of nitrogens with zero attached hydrogens (tertiary/aromatic N) is 4. The number of hydrogen-bond acceptors (Lipinski definition) is 9. The molecule has 0 saturated heterocycles. The van der Waals surface area contributed by atoms with Gasteiger partial charge < -0.3 is 9.84 Å². The molecule has 0 radical (unpaired) electrons. The van der Waals surface area contributed by atoms with Crippen molar-refractivity contribution in [2.45, 2.75) is 37.4 Å². The number of carboxylic acids is 1. The zero-order chi connectivity index (χ0) is 29.0. The first-order chi connectivity index (χ1) is 19.1. The number of thioether (sulfide) groups is 1. The minimum absolute atomic E-state index is 0.0605. The van der Waals surface area contributed by atoms with Crippen LogP contribution in [0.4, 0.5) is 10.1 Å². The topological polar surface area (TPSA) is 125 Å². The van der Waals surface area contributed by atoms with Crippen molar-refractivity contribution in [2.75, 3.05) is 12.9 Å². The van der Waals surface area contributed by atoms with Gasteiger partial charge in [-0.1, -0.05) is 40.6 Å². The van der Waals surface area contributed by atoms with Crippen molar-refractivity contribution in [3.8, 4) is 0 Å². The van der Waals surface area contributed by atoms with Gasteiger partial charge in [-0.2, -0.15) is 0 Å². The molecule has 2 aromatic heterocycles. The van der Waals surface area contributed by atoms with Crippen LogP contribution >= 0.6 is 57.6 Å². The molecule has 0 unspecified atom stereocenters. The number of aliphatic carboxylic acids is 1. The van der Waals surface area contributed by atoms with Crippen LogP contribution in [-0.2, 0) is 34.0 Å². The molecule has 40 heavy (non-hydrogen) atoms. The van der Waals surface area contributed by atoms with Crippen molar-refractivity contribution in [3.05, 3.63) is 70.3 Å². The summed E-state index contributed by atoms with van der Waals surface area (Å²) in [7, 11) is 1.30. The van der Waals surface area contributed by atoms with Gasteiger partial charge >= 0.3 is 21.7 Å². The number of aromatic nitrogens is 3. The van der Waals surface area contributed by atoms with Crippen LogP contribution in [0.3, 0.4) is 0 Å². The molecule has 0 bridgehead atoms. The van der Waals surface area contributed by atoms with E-state index in [2.05, 4.69) is 9.73 Å². The quantitative estimate of drug-likeness (QED) is 0.240. The van der Waals surface area contributed by atoms with Crippen LogP contribution in [0, 0.1) is 5.82 Å². The second kappa shape index (κ2) is 13.2. The second-order valence-corrected chi connectivity index (χ2v) is 12.0. The summed E-state index contributed by atoms with van der Waals surface area (Å²) in [6.07, 6.45) is 1.90. The van der Waals surface area contributed by atoms with Crippen molar-refractivity contribution in [3.63, 3.8) is 0 Å². The summed E-state index contributed by atoms with van der Waals surface area (Å²) in [5.41, 5.74) is 0.580. The van der Waals surface area contributed by atoms with Crippen LogP contribution in [0.5, 0.6) is 0 Å². The lowest BCUT2D eigenvalue weighted by Crippen LogP contribution is -2.31. The van der Waals surface area contributed by atoms with Crippen LogP contribution in [0.1, 0.15) is 12.8 Å². The molecule has 0 amide bonds. The number of carbonyl (C=O) groups excluding carboxylic acids is 1. The van der Waals surface area contributed by atoms with E-state index in [1.807, 2.05) is 0 Å². The van der Waals surface area contributed by atoms with Gasteiger partial charge in [0.05, 0.1) is 33.1 Å². The number of rotatable bonds is 6. The average molecular weight is 648 g/mol. The fourth-order valence-corrected chi connectivity index (χ4v) is 7.03. The molecule has 2 aromatic carbocycles. The SMILES string of the molecule is COC(=O)CSc1cc(N=c2sc(=O)n3n2CCCC3)c(F)cc1Cl.O=C(O)Cn1c(=O)sc2cccc(Cl)c21. The number of thiazole rings is 1. The highest BCUT2D eigenvalue weighted by atomic mass is 35.5. The van der Waals surface area contributed by atoms with Crippen molar-refractivity contribution in [1.29, 1.82) is 0 Å². The van der Waals surface area contributed by atoms with Gasteiger partial charge in [0, 0.05) is 18.0 Å². The van der Waals surface area contributed by atoms with E-state index in [0.29, 0.717) is 38.0 Å². The lowest BCUT2D eigenvalue weighted by Gasteiger charge is -2.15. The highest BCUT2D eigenvalue weighted by molar-refractivity contribution is 8.00. The molecule has 5 rings (SSSR count). The van der Waals surface area contributed by atoms with Crippen molar-refractivity contribution in [1.82, 2.24) is 13.9 Å². The number of methoxy groups -OCH3 is 1. The predicted molar refractivity (Wildman–Crippen MR) is 154 cm³/mol. The molecule has 0 spiro atoms. The molecular weight excluding hydrogens is 626 g/mol. The van der Waals surface area contributed by atoms with Gasteiger partial charge in [-0.15, -0.1) is 11.8 Å². The third kappa shape index (κ3) is 6.86. The summed E-state index contributed by atoms with van der Waals surface area (Å²) in [4.78, 5) is 50.3. The molecule has 3 heterocycles. The Morgan fingerprint density at radius 1 is 1.10 bits per heavy atom. The minimum Gasteiger partial charge on any atom is -0.480 e. The Labute approximate surface area is 247 Å². The number of carbonyl (C=O) groups is 2. The zero-order valence-electron chi connectivity index (χ0n) is 20.8. The lowest BCUT2D eigenvalue weighted by molar-refractivity contribution is -0.138. The second-order valence-electron chi connectivity index (χ2n) is 8.25. The number of carboxylic acid groups (broad SMARTS) is 1. The van der Waals surface area contributed by atoms with Crippen LogP contribution in [0.2, 0.25) is 10.0 Å². The standard InChI is InChI=1S/C15H15ClFN3O3S2.C9H6ClNO3S/c1-23-13(21)8-24-12-7-11(10(17)6-9(12)16)18-14-19-4-2-3-5-20(19)15(22)25-14;10-5-2-1-3-6-8(5)11(4-7(12)13)9(14)15-6/h6-7H,2-5,8H2,1H3;1-3H,4H2,(H,12,13). The predicted octanol–water partition coefficient (Wildman–Crippen LogP) is 4.60. The molecule has 0 saturated carbocycles. The van der Waals surface area contributed by atoms with E-state index in [-0.39, 0.29) is 32.8 Å². The van der Waals surface area contributed by atoms with Crippen LogP contribution in [0.25, 0.3) is 10.2 Å². The first-order valence-corrected chi connectivity index (χ1v) is 15.0. The fourth-order valence-electron chi connectivity index (χ4n) is 3.79. The van der Waals surface area contributed by atoms with Crippen molar-refractivity contribution in [2.24, 2.45) is 4.99 Å². The lowest BCUT2D eigenvalue weighted by atomic mass is 10.3. The van der Waals surface area contributed by atoms with Gasteiger partial charge in [-0.25, -0.2) is 14.1 Å². The minimum atomic E-state index is -1.06. The summed E-state index contributed by atoms with van der Waals surface area (Å²) in [5.74, 6) is -1.98. The van der Waals surface area contributed by atoms with Gasteiger partial charge in [-0.05, 0) is 48.4 Å². The Kier molecular flexibility index (Phi) is 9.90. The molecule has 1 N–H and O–H groups in total. The summed E-state index contributed by atoms with van der Waals surface area (Å²) in [5, 5.41) is 9.26. The Hall–Kier alpha value is -2.91. The first kappa shape index (κ1) is 30.1. The maximum absolute atomic E-state index is 14.3. The van der Waals surface area contributed by atoms with E-state index in [9.17, 15) is 23.6 Å². The van der Waals surface area contributed by atoms with E-state index in [4.69, 9.17) is 28.3 Å². The summed E-state index contributed by atoms with van der Waals surface area (Å²) in [6.45, 7) is 0.966. The summed E-state index contributed by atoms with van der Waals surface area (Å²) >= 11 is 15.1. The molecular formula is C24H21Cl2FN4O6S3. The number of halogens is 3. The van der Waals surface area contributed by atoms with Crippen LogP contribution < -0.4 is 14.5 Å². The summed E-state index contributed by atoms with van der Waals surface area (Å²) < 4.78 is 24.1. The molecule has 1 aliphatic rings. The molecule has 10 nitrogen and oxygen atoms in total. The first-order valence-electron chi connectivity index (χ1n) is 11.6. The van der Waals surface area contributed by atoms with Crippen molar-refractivity contribution >= 4 is 85.5 Å². The number of benzene rings is 2. The van der Waals surface area contributed by atoms with Crippen LogP contribution in [0.15, 0.2) is 49.8 Å². The van der Waals surface area contributed by atoms with Gasteiger partial charge in [-0.3, -0.25) is 28.4 Å². The Balaban J connectivity index is 0.000000210. The number of esters is 1. The molecule has 4 aromatic rings. The Morgan fingerprint density at radius 3 is 2.52 bits per heavy atom. The van der Waals surface area contributed by atoms with Gasteiger partial charge in [0.1, 0.15) is 18.0 Å². The van der Waals surface area contributed by atoms with E-state index < -0.39 is 17.8 Å². The van der Waals surface area contributed by atoms with Gasteiger partial charge in [0.25, 0.3) is 0 Å². The smallest absolute Gasteiger partial charge is 0.325 e. The number of ether oxygens (including phenoxy) is 1. The molecule has 0 aliphatic carbocycles. The largest absolute Gasteiger partial charge is 0.480 e. The van der Waals surface area contributed by atoms with E-state index in [0.717, 1.165) is 53.3 Å². The number of hydrogen-bond donors (Lipinski definition) is 1. The molecule has 1 aliphatic heterocycles. The Bertz CT molecular complexity index is 1770. The van der Waals surface area contributed by atoms with E-state index >= 15 is 0 Å². The Morgan fingerprint density at radius 2 is 1.82 bits per heavy atom. The van der Waals surface area contributed by atoms with E-state index in [1.165, 1.54) is 17.7 Å². The number of fused-ring (bicyclic) bond motifs is 2. The highest BCUT2D eigenvalue weighted by Crippen LogP contribution is 2.33. The maximum atomic E-state index is 14.3.